The molecule has 0 aliphatic carbocycles. The van der Waals surface area contributed by atoms with Gasteiger partial charge < -0.3 is 5.32 Å². The van der Waals surface area contributed by atoms with Crippen LogP contribution in [0.15, 0.2) is 64.9 Å². The quantitative estimate of drug-likeness (QED) is 0.685. The third kappa shape index (κ3) is 5.02. The lowest BCUT2D eigenvalue weighted by Crippen LogP contribution is -2.28. The van der Waals surface area contributed by atoms with Gasteiger partial charge in [-0.1, -0.05) is 42.5 Å². The first-order valence-electron chi connectivity index (χ1n) is 8.42. The Morgan fingerprint density at radius 2 is 1.78 bits per heavy atom. The van der Waals surface area contributed by atoms with Crippen LogP contribution in [0.25, 0.3) is 10.6 Å². The van der Waals surface area contributed by atoms with Crippen LogP contribution in [-0.2, 0) is 21.1 Å². The lowest BCUT2D eigenvalue weighted by Gasteiger charge is -2.14. The zero-order valence-corrected chi connectivity index (χ0v) is 16.7. The van der Waals surface area contributed by atoms with E-state index in [2.05, 4.69) is 10.3 Å². The standard InChI is InChI=1S/C20H20N2O3S2/c1-14(15-8-10-18(11-9-15)27(2,24)25)21-19(23)12-17-13-26-20(22-17)16-6-4-3-5-7-16/h3-11,13-14H,12H2,1-2H3,(H,21,23). The predicted octanol–water partition coefficient (Wildman–Crippen LogP) is 3.63. The van der Waals surface area contributed by atoms with E-state index in [1.165, 1.54) is 17.6 Å². The fourth-order valence-electron chi connectivity index (χ4n) is 2.65. The van der Waals surface area contributed by atoms with E-state index in [9.17, 15) is 13.2 Å². The normalized spacial score (nSPS) is 12.5. The highest BCUT2D eigenvalue weighted by molar-refractivity contribution is 7.90. The third-order valence-corrected chi connectivity index (χ3v) is 6.17. The molecule has 5 nitrogen and oxygen atoms in total. The maximum absolute atomic E-state index is 12.3. The minimum absolute atomic E-state index is 0.125. The van der Waals surface area contributed by atoms with Gasteiger partial charge in [0, 0.05) is 17.2 Å². The minimum atomic E-state index is -3.22. The minimum Gasteiger partial charge on any atom is -0.349 e. The number of amides is 1. The van der Waals surface area contributed by atoms with Crippen LogP contribution >= 0.6 is 11.3 Å². The van der Waals surface area contributed by atoms with Gasteiger partial charge in [0.1, 0.15) is 5.01 Å². The molecular weight excluding hydrogens is 380 g/mol. The monoisotopic (exact) mass is 400 g/mol. The van der Waals surface area contributed by atoms with Crippen LogP contribution in [0.5, 0.6) is 0 Å². The van der Waals surface area contributed by atoms with Crippen molar-refractivity contribution >= 4 is 27.1 Å². The SMILES string of the molecule is CC(NC(=O)Cc1csc(-c2ccccc2)n1)c1ccc(S(C)(=O)=O)cc1. The molecule has 1 aromatic heterocycles. The van der Waals surface area contributed by atoms with Crippen LogP contribution in [0, 0.1) is 0 Å². The molecule has 1 atom stereocenters. The number of carbonyl (C=O) groups excluding carboxylic acids is 1. The van der Waals surface area contributed by atoms with Gasteiger partial charge in [0.05, 0.1) is 23.1 Å². The number of hydrogen-bond donors (Lipinski definition) is 1. The van der Waals surface area contributed by atoms with E-state index in [-0.39, 0.29) is 23.3 Å². The summed E-state index contributed by atoms with van der Waals surface area (Å²) in [6.07, 6.45) is 1.37. The van der Waals surface area contributed by atoms with E-state index >= 15 is 0 Å². The van der Waals surface area contributed by atoms with Gasteiger partial charge in [-0.2, -0.15) is 0 Å². The number of rotatable bonds is 6. The van der Waals surface area contributed by atoms with Crippen LogP contribution < -0.4 is 5.32 Å². The molecule has 0 saturated heterocycles. The molecule has 0 bridgehead atoms. The second kappa shape index (κ2) is 8.02. The molecule has 0 aliphatic heterocycles. The van der Waals surface area contributed by atoms with Crippen molar-refractivity contribution in [3.63, 3.8) is 0 Å². The summed E-state index contributed by atoms with van der Waals surface area (Å²) in [6.45, 7) is 1.86. The average molecular weight is 401 g/mol. The molecule has 1 amide bonds. The zero-order valence-electron chi connectivity index (χ0n) is 15.0. The Balaban J connectivity index is 1.61. The largest absolute Gasteiger partial charge is 0.349 e. The van der Waals surface area contributed by atoms with Gasteiger partial charge in [-0.15, -0.1) is 11.3 Å². The molecule has 1 unspecified atom stereocenters. The Bertz CT molecular complexity index is 1030. The second-order valence-electron chi connectivity index (χ2n) is 6.32. The zero-order chi connectivity index (χ0) is 19.4. The van der Waals surface area contributed by atoms with E-state index in [1.807, 2.05) is 42.6 Å². The Hall–Kier alpha value is -2.51. The van der Waals surface area contributed by atoms with Crippen molar-refractivity contribution in [1.82, 2.24) is 10.3 Å². The number of thiazole rings is 1. The van der Waals surface area contributed by atoms with E-state index in [1.54, 1.807) is 24.3 Å². The van der Waals surface area contributed by atoms with E-state index in [0.29, 0.717) is 0 Å². The average Bonchev–Trinajstić information content (AvgIpc) is 3.10. The highest BCUT2D eigenvalue weighted by atomic mass is 32.2. The molecule has 0 radical (unpaired) electrons. The van der Waals surface area contributed by atoms with Gasteiger partial charge in [0.15, 0.2) is 9.84 Å². The molecule has 27 heavy (non-hydrogen) atoms. The molecule has 0 fully saturated rings. The molecular formula is C20H20N2O3S2. The molecule has 1 heterocycles. The Labute approximate surface area is 163 Å². The van der Waals surface area contributed by atoms with Crippen LogP contribution in [0.3, 0.4) is 0 Å². The van der Waals surface area contributed by atoms with Crippen molar-refractivity contribution < 1.29 is 13.2 Å². The van der Waals surface area contributed by atoms with Gasteiger partial charge in [-0.3, -0.25) is 4.79 Å². The summed E-state index contributed by atoms with van der Waals surface area (Å²) in [5.74, 6) is -0.125. The summed E-state index contributed by atoms with van der Waals surface area (Å²) in [7, 11) is -3.22. The number of benzene rings is 2. The molecule has 0 aliphatic rings. The van der Waals surface area contributed by atoms with Gasteiger partial charge in [0.25, 0.3) is 0 Å². The highest BCUT2D eigenvalue weighted by Gasteiger charge is 2.14. The fourth-order valence-corrected chi connectivity index (χ4v) is 4.10. The van der Waals surface area contributed by atoms with Crippen molar-refractivity contribution in [1.29, 1.82) is 0 Å². The maximum atomic E-state index is 12.3. The van der Waals surface area contributed by atoms with Crippen LogP contribution in [0.4, 0.5) is 0 Å². The van der Waals surface area contributed by atoms with Gasteiger partial charge in [-0.25, -0.2) is 13.4 Å². The van der Waals surface area contributed by atoms with Crippen LogP contribution in [-0.4, -0.2) is 25.6 Å². The first-order chi connectivity index (χ1) is 12.8. The number of sulfone groups is 1. The number of nitrogens with zero attached hydrogens (tertiary/aromatic N) is 1. The smallest absolute Gasteiger partial charge is 0.226 e. The summed E-state index contributed by atoms with van der Waals surface area (Å²) in [5, 5.41) is 5.72. The highest BCUT2D eigenvalue weighted by Crippen LogP contribution is 2.23. The summed E-state index contributed by atoms with van der Waals surface area (Å²) >= 11 is 1.52. The fraction of sp³-hybridized carbons (Fsp3) is 0.200. The van der Waals surface area contributed by atoms with Crippen LogP contribution in [0.1, 0.15) is 24.2 Å². The Kier molecular flexibility index (Phi) is 5.72. The summed E-state index contributed by atoms with van der Waals surface area (Å²) in [5.41, 5.74) is 2.61. The Morgan fingerprint density at radius 3 is 2.41 bits per heavy atom. The first-order valence-corrected chi connectivity index (χ1v) is 11.2. The van der Waals surface area contributed by atoms with Gasteiger partial charge in [0.2, 0.25) is 5.91 Å². The van der Waals surface area contributed by atoms with Crippen molar-refractivity contribution in [2.24, 2.45) is 0 Å². The van der Waals surface area contributed by atoms with Crippen molar-refractivity contribution in [2.75, 3.05) is 6.26 Å². The maximum Gasteiger partial charge on any atom is 0.226 e. The summed E-state index contributed by atoms with van der Waals surface area (Å²) in [4.78, 5) is 17.1. The Morgan fingerprint density at radius 1 is 1.11 bits per heavy atom. The van der Waals surface area contributed by atoms with Crippen molar-refractivity contribution in [3.05, 3.63) is 71.2 Å². The van der Waals surface area contributed by atoms with Crippen molar-refractivity contribution in [2.45, 2.75) is 24.3 Å². The molecule has 3 aromatic rings. The topological polar surface area (TPSA) is 76.1 Å². The molecule has 1 N–H and O–H groups in total. The lowest BCUT2D eigenvalue weighted by molar-refractivity contribution is -0.121. The lowest BCUT2D eigenvalue weighted by atomic mass is 10.1. The number of nitrogens with one attached hydrogen (secondary N) is 1. The number of hydrogen-bond acceptors (Lipinski definition) is 5. The predicted molar refractivity (Wildman–Crippen MR) is 107 cm³/mol. The first kappa shape index (κ1) is 19.3. The van der Waals surface area contributed by atoms with Gasteiger partial charge in [-0.05, 0) is 24.6 Å². The van der Waals surface area contributed by atoms with E-state index < -0.39 is 9.84 Å². The van der Waals surface area contributed by atoms with Gasteiger partial charge >= 0.3 is 0 Å². The van der Waals surface area contributed by atoms with E-state index in [4.69, 9.17) is 0 Å². The molecule has 140 valence electrons. The summed E-state index contributed by atoms with van der Waals surface area (Å²) < 4.78 is 23.0. The molecule has 0 saturated carbocycles. The third-order valence-electron chi connectivity index (χ3n) is 4.10. The summed E-state index contributed by atoms with van der Waals surface area (Å²) in [6, 6.07) is 16.2. The van der Waals surface area contributed by atoms with E-state index in [0.717, 1.165) is 21.8 Å². The van der Waals surface area contributed by atoms with Crippen molar-refractivity contribution in [3.8, 4) is 10.6 Å². The molecule has 2 aromatic carbocycles. The molecule has 0 spiro atoms. The molecule has 3 rings (SSSR count). The molecule has 7 heteroatoms. The second-order valence-corrected chi connectivity index (χ2v) is 9.19. The number of aromatic nitrogens is 1. The number of carbonyl (C=O) groups is 1. The van der Waals surface area contributed by atoms with Crippen LogP contribution in [0.2, 0.25) is 0 Å².